The Kier molecular flexibility index (Phi) is 6.90. The maximum atomic E-state index is 12.5. The minimum absolute atomic E-state index is 0.0362. The second-order valence-corrected chi connectivity index (χ2v) is 5.74. The van der Waals surface area contributed by atoms with Crippen LogP contribution in [0.3, 0.4) is 0 Å². The van der Waals surface area contributed by atoms with Gasteiger partial charge in [-0.3, -0.25) is 4.79 Å². The number of pyridine rings is 1. The Bertz CT molecular complexity index is 866. The standard InChI is InChI=1S/C19H18ClNO6/c1-4-26-18(23)14-16(27-10-12-8-6-5-7-9-12)13(11(2)21-17(14)20)15(22)19(24)25-3/h5-9H,4,10H2,1-3H3. The van der Waals surface area contributed by atoms with Crippen LogP contribution >= 0.6 is 11.6 Å². The lowest BCUT2D eigenvalue weighted by Gasteiger charge is -2.17. The number of aromatic nitrogens is 1. The minimum Gasteiger partial charge on any atom is -0.487 e. The molecule has 1 heterocycles. The summed E-state index contributed by atoms with van der Waals surface area (Å²) >= 11 is 6.12. The summed E-state index contributed by atoms with van der Waals surface area (Å²) in [6, 6.07) is 9.09. The van der Waals surface area contributed by atoms with E-state index in [1.54, 1.807) is 6.92 Å². The molecule has 0 N–H and O–H groups in total. The van der Waals surface area contributed by atoms with E-state index in [0.717, 1.165) is 12.7 Å². The van der Waals surface area contributed by atoms with Crippen molar-refractivity contribution in [2.75, 3.05) is 13.7 Å². The number of esters is 2. The van der Waals surface area contributed by atoms with E-state index in [2.05, 4.69) is 9.72 Å². The van der Waals surface area contributed by atoms with Gasteiger partial charge in [-0.25, -0.2) is 14.6 Å². The van der Waals surface area contributed by atoms with Gasteiger partial charge in [0.25, 0.3) is 5.78 Å². The number of carbonyl (C=O) groups is 3. The first-order valence-electron chi connectivity index (χ1n) is 8.07. The zero-order valence-corrected chi connectivity index (χ0v) is 15.8. The molecule has 0 radical (unpaired) electrons. The van der Waals surface area contributed by atoms with Crippen molar-refractivity contribution in [2.24, 2.45) is 0 Å². The van der Waals surface area contributed by atoms with Crippen molar-refractivity contribution in [2.45, 2.75) is 20.5 Å². The predicted octanol–water partition coefficient (Wildman–Crippen LogP) is 3.15. The van der Waals surface area contributed by atoms with E-state index in [0.29, 0.717) is 0 Å². The van der Waals surface area contributed by atoms with Gasteiger partial charge in [0.2, 0.25) is 0 Å². The maximum Gasteiger partial charge on any atom is 0.379 e. The maximum absolute atomic E-state index is 12.5. The van der Waals surface area contributed by atoms with Crippen molar-refractivity contribution in [1.29, 1.82) is 0 Å². The lowest BCUT2D eigenvalue weighted by atomic mass is 10.0. The quantitative estimate of drug-likeness (QED) is 0.310. The SMILES string of the molecule is CCOC(=O)c1c(Cl)nc(C)c(C(=O)C(=O)OC)c1OCc1ccccc1. The number of ketones is 1. The largest absolute Gasteiger partial charge is 0.487 e. The number of aryl methyl sites for hydroxylation is 1. The second-order valence-electron chi connectivity index (χ2n) is 5.38. The van der Waals surface area contributed by atoms with Gasteiger partial charge in [-0.2, -0.15) is 0 Å². The first-order chi connectivity index (χ1) is 12.9. The van der Waals surface area contributed by atoms with Gasteiger partial charge >= 0.3 is 11.9 Å². The molecule has 0 spiro atoms. The highest BCUT2D eigenvalue weighted by molar-refractivity contribution is 6.42. The summed E-state index contributed by atoms with van der Waals surface area (Å²) in [6.45, 7) is 3.22. The molecule has 8 heteroatoms. The van der Waals surface area contributed by atoms with Crippen LogP contribution in [0.5, 0.6) is 5.75 Å². The van der Waals surface area contributed by atoms with Crippen LogP contribution in [0.4, 0.5) is 0 Å². The summed E-state index contributed by atoms with van der Waals surface area (Å²) in [4.78, 5) is 40.6. The van der Waals surface area contributed by atoms with Crippen molar-refractivity contribution in [3.63, 3.8) is 0 Å². The highest BCUT2D eigenvalue weighted by Crippen LogP contribution is 2.33. The molecule has 0 aliphatic rings. The second kappa shape index (κ2) is 9.14. The molecule has 0 aliphatic carbocycles. The molecule has 27 heavy (non-hydrogen) atoms. The average Bonchev–Trinajstić information content (AvgIpc) is 2.65. The van der Waals surface area contributed by atoms with Crippen LogP contribution in [-0.4, -0.2) is 36.4 Å². The number of rotatable bonds is 7. The Labute approximate surface area is 161 Å². The van der Waals surface area contributed by atoms with Gasteiger partial charge in [0.05, 0.1) is 25.0 Å². The van der Waals surface area contributed by atoms with E-state index in [9.17, 15) is 14.4 Å². The van der Waals surface area contributed by atoms with Crippen LogP contribution in [0.25, 0.3) is 0 Å². The van der Waals surface area contributed by atoms with Crippen molar-refractivity contribution in [3.8, 4) is 5.75 Å². The molecule has 0 amide bonds. The Balaban J connectivity index is 2.59. The molecule has 7 nitrogen and oxygen atoms in total. The molecule has 2 aromatic rings. The van der Waals surface area contributed by atoms with E-state index in [1.165, 1.54) is 6.92 Å². The lowest BCUT2D eigenvalue weighted by molar-refractivity contribution is -0.135. The fourth-order valence-electron chi connectivity index (χ4n) is 2.36. The number of halogens is 1. The molecule has 0 unspecified atom stereocenters. The predicted molar refractivity (Wildman–Crippen MR) is 97.1 cm³/mol. The van der Waals surface area contributed by atoms with E-state index in [1.807, 2.05) is 30.3 Å². The third kappa shape index (κ3) is 4.62. The van der Waals surface area contributed by atoms with Crippen LogP contribution in [0.1, 0.15) is 38.9 Å². The van der Waals surface area contributed by atoms with Gasteiger partial charge in [0.1, 0.15) is 17.3 Å². The molecule has 0 atom stereocenters. The van der Waals surface area contributed by atoms with Gasteiger partial charge in [-0.1, -0.05) is 41.9 Å². The topological polar surface area (TPSA) is 91.8 Å². The van der Waals surface area contributed by atoms with Crippen LogP contribution in [-0.2, 0) is 20.9 Å². The van der Waals surface area contributed by atoms with Gasteiger partial charge in [0.15, 0.2) is 5.75 Å². The minimum atomic E-state index is -1.11. The van der Waals surface area contributed by atoms with Crippen molar-refractivity contribution in [1.82, 2.24) is 4.98 Å². The van der Waals surface area contributed by atoms with Crippen LogP contribution in [0.15, 0.2) is 30.3 Å². The number of nitrogens with zero attached hydrogens (tertiary/aromatic N) is 1. The summed E-state index contributed by atoms with van der Waals surface area (Å²) in [7, 11) is 1.08. The monoisotopic (exact) mass is 391 g/mol. The number of benzene rings is 1. The number of carbonyl (C=O) groups excluding carboxylic acids is 3. The van der Waals surface area contributed by atoms with Crippen molar-refractivity contribution in [3.05, 3.63) is 57.9 Å². The fourth-order valence-corrected chi connectivity index (χ4v) is 2.65. The number of hydrogen-bond donors (Lipinski definition) is 0. The van der Waals surface area contributed by atoms with Gasteiger partial charge in [-0.05, 0) is 19.4 Å². The Hall–Kier alpha value is -2.93. The highest BCUT2D eigenvalue weighted by Gasteiger charge is 2.31. The zero-order chi connectivity index (χ0) is 20.0. The smallest absolute Gasteiger partial charge is 0.379 e. The molecule has 0 saturated carbocycles. The number of ether oxygens (including phenoxy) is 3. The normalized spacial score (nSPS) is 10.2. The Morgan fingerprint density at radius 2 is 1.78 bits per heavy atom. The molecule has 0 saturated heterocycles. The molecular formula is C19H18ClNO6. The Morgan fingerprint density at radius 3 is 2.37 bits per heavy atom. The number of hydrogen-bond acceptors (Lipinski definition) is 7. The fraction of sp³-hybridized carbons (Fsp3) is 0.263. The molecule has 2 rings (SSSR count). The molecule has 0 bridgehead atoms. The third-order valence-electron chi connectivity index (χ3n) is 3.59. The van der Waals surface area contributed by atoms with Gasteiger partial charge < -0.3 is 14.2 Å². The molecule has 0 aliphatic heterocycles. The average molecular weight is 392 g/mol. The van der Waals surface area contributed by atoms with E-state index in [-0.39, 0.29) is 40.9 Å². The summed E-state index contributed by atoms with van der Waals surface area (Å²) in [5.41, 5.74) is 0.512. The highest BCUT2D eigenvalue weighted by atomic mass is 35.5. The summed E-state index contributed by atoms with van der Waals surface area (Å²) in [5, 5.41) is -0.185. The summed E-state index contributed by atoms with van der Waals surface area (Å²) < 4.78 is 15.2. The lowest BCUT2D eigenvalue weighted by Crippen LogP contribution is -2.21. The first-order valence-corrected chi connectivity index (χ1v) is 8.45. The molecular weight excluding hydrogens is 374 g/mol. The number of methoxy groups -OCH3 is 1. The molecule has 0 fully saturated rings. The van der Waals surface area contributed by atoms with E-state index < -0.39 is 17.7 Å². The van der Waals surface area contributed by atoms with Gasteiger partial charge in [0, 0.05) is 0 Å². The van der Waals surface area contributed by atoms with Crippen molar-refractivity contribution < 1.29 is 28.6 Å². The van der Waals surface area contributed by atoms with Crippen LogP contribution in [0.2, 0.25) is 5.15 Å². The van der Waals surface area contributed by atoms with Crippen molar-refractivity contribution >= 4 is 29.3 Å². The summed E-state index contributed by atoms with van der Waals surface area (Å²) in [5.74, 6) is -3.07. The van der Waals surface area contributed by atoms with Crippen LogP contribution < -0.4 is 4.74 Å². The van der Waals surface area contributed by atoms with Crippen LogP contribution in [0, 0.1) is 6.92 Å². The van der Waals surface area contributed by atoms with E-state index >= 15 is 0 Å². The third-order valence-corrected chi connectivity index (χ3v) is 3.86. The molecule has 142 valence electrons. The molecule has 1 aromatic carbocycles. The van der Waals surface area contributed by atoms with E-state index in [4.69, 9.17) is 21.1 Å². The Morgan fingerprint density at radius 1 is 1.11 bits per heavy atom. The number of Topliss-reactive ketones (excluding diaryl/α,β-unsaturated/α-hetero) is 1. The molecule has 1 aromatic heterocycles. The summed E-state index contributed by atoms with van der Waals surface area (Å²) in [6.07, 6.45) is 0. The van der Waals surface area contributed by atoms with Gasteiger partial charge in [-0.15, -0.1) is 0 Å². The zero-order valence-electron chi connectivity index (χ0n) is 15.1. The first kappa shape index (κ1) is 20.4.